The van der Waals surface area contributed by atoms with E-state index in [-0.39, 0.29) is 0 Å². The second-order valence-electron chi connectivity index (χ2n) is 6.30. The molecule has 1 N–H and O–H groups in total. The summed E-state index contributed by atoms with van der Waals surface area (Å²) in [5, 5.41) is 4.40. The van der Waals surface area contributed by atoms with E-state index < -0.39 is 0 Å². The van der Waals surface area contributed by atoms with Crippen LogP contribution in [0.2, 0.25) is 0 Å². The van der Waals surface area contributed by atoms with Gasteiger partial charge in [0, 0.05) is 47.1 Å². The van der Waals surface area contributed by atoms with Crippen LogP contribution in [0.4, 0.5) is 11.5 Å². The lowest BCUT2D eigenvalue weighted by atomic mass is 10.2. The molecule has 0 spiro atoms. The van der Waals surface area contributed by atoms with Gasteiger partial charge in [-0.15, -0.1) is 0 Å². The Morgan fingerprint density at radius 2 is 1.68 bits per heavy atom. The number of imidazole rings is 1. The van der Waals surface area contributed by atoms with Gasteiger partial charge >= 0.3 is 0 Å². The number of hydrogen-bond acceptors (Lipinski definition) is 5. The Morgan fingerprint density at radius 3 is 2.46 bits per heavy atom. The molecule has 0 saturated carbocycles. The van der Waals surface area contributed by atoms with Crippen molar-refractivity contribution in [2.75, 3.05) is 5.32 Å². The summed E-state index contributed by atoms with van der Waals surface area (Å²) in [6.45, 7) is 0. The number of nitrogens with one attached hydrogen (secondary N) is 1. The summed E-state index contributed by atoms with van der Waals surface area (Å²) >= 11 is 0. The fourth-order valence-electron chi connectivity index (χ4n) is 3.06. The van der Waals surface area contributed by atoms with Crippen LogP contribution in [0.1, 0.15) is 0 Å². The van der Waals surface area contributed by atoms with Gasteiger partial charge in [-0.2, -0.15) is 0 Å². The standard InChI is InChI=1S/C22H16N6/c1-2-6-20-19(5-1)22(27-21(26-20)16-4-3-11-23-14-16)25-17-7-9-18(10-8-17)28-13-12-24-15-28/h1-15H,(H,25,26,27). The summed E-state index contributed by atoms with van der Waals surface area (Å²) in [5.41, 5.74) is 3.76. The van der Waals surface area contributed by atoms with Crippen molar-refractivity contribution in [1.29, 1.82) is 0 Å². The second-order valence-corrected chi connectivity index (χ2v) is 6.30. The largest absolute Gasteiger partial charge is 0.340 e. The van der Waals surface area contributed by atoms with E-state index in [0.29, 0.717) is 5.82 Å². The number of nitrogens with zero attached hydrogens (tertiary/aromatic N) is 5. The summed E-state index contributed by atoms with van der Waals surface area (Å²) in [6.07, 6.45) is 8.97. The lowest BCUT2D eigenvalue weighted by molar-refractivity contribution is 1.06. The third kappa shape index (κ3) is 3.07. The van der Waals surface area contributed by atoms with Gasteiger partial charge in [-0.05, 0) is 48.5 Å². The third-order valence-corrected chi connectivity index (χ3v) is 4.46. The van der Waals surface area contributed by atoms with Crippen LogP contribution in [0.5, 0.6) is 0 Å². The predicted octanol–water partition coefficient (Wildman–Crippen LogP) is 4.62. The maximum Gasteiger partial charge on any atom is 0.163 e. The van der Waals surface area contributed by atoms with Crippen LogP contribution >= 0.6 is 0 Å². The highest BCUT2D eigenvalue weighted by atomic mass is 15.0. The number of pyridine rings is 1. The number of aromatic nitrogens is 5. The molecule has 134 valence electrons. The Balaban J connectivity index is 1.54. The monoisotopic (exact) mass is 364 g/mol. The number of fused-ring (bicyclic) bond motifs is 1. The smallest absolute Gasteiger partial charge is 0.163 e. The molecule has 3 aromatic heterocycles. The normalized spacial score (nSPS) is 10.9. The number of rotatable bonds is 4. The molecule has 0 atom stereocenters. The summed E-state index contributed by atoms with van der Waals surface area (Å²) in [5.74, 6) is 1.41. The molecular formula is C22H16N6. The highest BCUT2D eigenvalue weighted by Crippen LogP contribution is 2.27. The molecule has 2 aromatic carbocycles. The zero-order valence-electron chi connectivity index (χ0n) is 14.9. The third-order valence-electron chi connectivity index (χ3n) is 4.46. The summed E-state index contributed by atoms with van der Waals surface area (Å²) in [6, 6.07) is 19.9. The highest BCUT2D eigenvalue weighted by molar-refractivity contribution is 5.92. The van der Waals surface area contributed by atoms with Crippen molar-refractivity contribution in [1.82, 2.24) is 24.5 Å². The summed E-state index contributed by atoms with van der Waals surface area (Å²) < 4.78 is 1.96. The number of hydrogen-bond donors (Lipinski definition) is 1. The Hall–Kier alpha value is -4.06. The molecule has 0 unspecified atom stereocenters. The van der Waals surface area contributed by atoms with Crippen molar-refractivity contribution < 1.29 is 0 Å². The summed E-state index contributed by atoms with van der Waals surface area (Å²) in [7, 11) is 0. The molecule has 0 aliphatic rings. The minimum Gasteiger partial charge on any atom is -0.340 e. The number of para-hydroxylation sites is 1. The first-order valence-corrected chi connectivity index (χ1v) is 8.89. The molecule has 5 aromatic rings. The van der Waals surface area contributed by atoms with Gasteiger partial charge in [-0.1, -0.05) is 12.1 Å². The van der Waals surface area contributed by atoms with E-state index >= 15 is 0 Å². The Kier molecular flexibility index (Phi) is 3.99. The molecule has 3 heterocycles. The minimum atomic E-state index is 0.643. The SMILES string of the molecule is c1cncc(-c2nc(Nc3ccc(-n4ccnc4)cc3)c3ccccc3n2)c1. The van der Waals surface area contributed by atoms with Crippen LogP contribution in [0.3, 0.4) is 0 Å². The maximum atomic E-state index is 4.76. The Morgan fingerprint density at radius 1 is 0.786 bits per heavy atom. The van der Waals surface area contributed by atoms with Crippen molar-refractivity contribution in [3.63, 3.8) is 0 Å². The van der Waals surface area contributed by atoms with Crippen LogP contribution < -0.4 is 5.32 Å². The van der Waals surface area contributed by atoms with Gasteiger partial charge in [-0.3, -0.25) is 4.98 Å². The van der Waals surface area contributed by atoms with Gasteiger partial charge in [0.2, 0.25) is 0 Å². The lowest BCUT2D eigenvalue weighted by Crippen LogP contribution is -2.00. The molecule has 6 nitrogen and oxygen atoms in total. The van der Waals surface area contributed by atoms with Crippen molar-refractivity contribution in [3.8, 4) is 17.1 Å². The van der Waals surface area contributed by atoms with E-state index in [4.69, 9.17) is 9.97 Å². The van der Waals surface area contributed by atoms with Crippen molar-refractivity contribution in [2.24, 2.45) is 0 Å². The molecule has 28 heavy (non-hydrogen) atoms. The molecule has 0 amide bonds. The van der Waals surface area contributed by atoms with Gasteiger partial charge < -0.3 is 9.88 Å². The zero-order chi connectivity index (χ0) is 18.8. The molecular weight excluding hydrogens is 348 g/mol. The highest BCUT2D eigenvalue weighted by Gasteiger charge is 2.10. The molecule has 0 aliphatic carbocycles. The van der Waals surface area contributed by atoms with E-state index in [2.05, 4.69) is 15.3 Å². The van der Waals surface area contributed by atoms with Crippen LogP contribution in [-0.4, -0.2) is 24.5 Å². The first kappa shape index (κ1) is 16.1. The average Bonchev–Trinajstić information content (AvgIpc) is 3.30. The fraction of sp³-hybridized carbons (Fsp3) is 0. The maximum absolute atomic E-state index is 4.76. The second kappa shape index (κ2) is 6.92. The average molecular weight is 364 g/mol. The van der Waals surface area contributed by atoms with E-state index in [1.807, 2.05) is 71.4 Å². The zero-order valence-corrected chi connectivity index (χ0v) is 14.9. The molecule has 0 radical (unpaired) electrons. The van der Waals surface area contributed by atoms with Crippen molar-refractivity contribution >= 4 is 22.4 Å². The van der Waals surface area contributed by atoms with Gasteiger partial charge in [0.1, 0.15) is 5.82 Å². The van der Waals surface area contributed by atoms with Gasteiger partial charge in [0.05, 0.1) is 11.8 Å². The summed E-state index contributed by atoms with van der Waals surface area (Å²) in [4.78, 5) is 17.7. The van der Waals surface area contributed by atoms with Crippen molar-refractivity contribution in [2.45, 2.75) is 0 Å². The fourth-order valence-corrected chi connectivity index (χ4v) is 3.06. The van der Waals surface area contributed by atoms with E-state index in [1.165, 1.54) is 0 Å². The first-order valence-electron chi connectivity index (χ1n) is 8.89. The Labute approximate surface area is 161 Å². The minimum absolute atomic E-state index is 0.643. The molecule has 5 rings (SSSR count). The van der Waals surface area contributed by atoms with Crippen LogP contribution in [0, 0.1) is 0 Å². The topological polar surface area (TPSA) is 68.5 Å². The van der Waals surface area contributed by atoms with Gasteiger partial charge in [-0.25, -0.2) is 15.0 Å². The molecule has 0 fully saturated rings. The van der Waals surface area contributed by atoms with Crippen LogP contribution in [-0.2, 0) is 0 Å². The number of benzene rings is 2. The van der Waals surface area contributed by atoms with Crippen LogP contribution in [0.25, 0.3) is 28.0 Å². The number of anilines is 2. The molecule has 0 saturated heterocycles. The molecule has 0 bridgehead atoms. The van der Waals surface area contributed by atoms with E-state index in [9.17, 15) is 0 Å². The van der Waals surface area contributed by atoms with Crippen molar-refractivity contribution in [3.05, 3.63) is 91.8 Å². The molecule has 6 heteroatoms. The van der Waals surface area contributed by atoms with Gasteiger partial charge in [0.15, 0.2) is 5.82 Å². The van der Waals surface area contributed by atoms with Crippen LogP contribution in [0.15, 0.2) is 91.8 Å². The Bertz CT molecular complexity index is 1220. The lowest BCUT2D eigenvalue weighted by Gasteiger charge is -2.11. The quantitative estimate of drug-likeness (QED) is 0.504. The molecule has 0 aliphatic heterocycles. The van der Waals surface area contributed by atoms with Gasteiger partial charge in [0.25, 0.3) is 0 Å². The van der Waals surface area contributed by atoms with E-state index in [0.717, 1.165) is 33.7 Å². The van der Waals surface area contributed by atoms with E-state index in [1.54, 1.807) is 24.9 Å². The first-order chi connectivity index (χ1) is 13.9. The predicted molar refractivity (Wildman–Crippen MR) is 110 cm³/mol.